The lowest BCUT2D eigenvalue weighted by Crippen LogP contribution is -2.50. The lowest BCUT2D eigenvalue weighted by Gasteiger charge is -2.36. The molecule has 0 saturated carbocycles. The number of hydrogen-bond acceptors (Lipinski definition) is 5. The highest BCUT2D eigenvalue weighted by atomic mass is 16.5. The van der Waals surface area contributed by atoms with Gasteiger partial charge in [0, 0.05) is 45.8 Å². The fourth-order valence-electron chi connectivity index (χ4n) is 4.40. The average Bonchev–Trinajstić information content (AvgIpc) is 3.32. The molecule has 2 aliphatic heterocycles. The highest BCUT2D eigenvalue weighted by molar-refractivity contribution is 5.63. The monoisotopic (exact) mass is 409 g/mol. The van der Waals surface area contributed by atoms with Gasteiger partial charge in [-0.25, -0.2) is 0 Å². The second-order valence-electron chi connectivity index (χ2n) is 8.55. The van der Waals surface area contributed by atoms with E-state index >= 15 is 0 Å². The Kier molecular flexibility index (Phi) is 7.76. The molecule has 0 aromatic heterocycles. The Morgan fingerprint density at radius 2 is 1.27 bits per heavy atom. The number of rotatable bonds is 9. The summed E-state index contributed by atoms with van der Waals surface area (Å²) in [5, 5.41) is 10.4. The van der Waals surface area contributed by atoms with E-state index in [1.54, 1.807) is 0 Å². The molecule has 162 valence electrons. The van der Waals surface area contributed by atoms with Gasteiger partial charge in [-0.3, -0.25) is 9.80 Å². The van der Waals surface area contributed by atoms with Gasteiger partial charge in [0.1, 0.15) is 18.5 Å². The van der Waals surface area contributed by atoms with Crippen LogP contribution in [0.2, 0.25) is 0 Å². The minimum Gasteiger partial charge on any atom is -0.491 e. The number of β-amino-alcohol motifs (C(OH)–C–C–N with tert-alkyl or cyclic N) is 1. The standard InChI is InChI=1S/C25H35N3O2/c29-24(20-28-18-16-27(17-19-28)15-14-26-12-4-5-13-26)21-30-25-10-8-23(9-11-25)22-6-2-1-3-7-22/h1-3,6-11,24,29H,4-5,12-21H2/t24-/m0/s1. The molecule has 0 amide bonds. The molecule has 2 saturated heterocycles. The van der Waals surface area contributed by atoms with E-state index in [0.717, 1.165) is 31.9 Å². The lowest BCUT2D eigenvalue weighted by molar-refractivity contribution is 0.0446. The second-order valence-corrected chi connectivity index (χ2v) is 8.55. The normalized spacial score (nSPS) is 19.8. The Morgan fingerprint density at radius 1 is 0.700 bits per heavy atom. The number of ether oxygens (including phenoxy) is 1. The van der Waals surface area contributed by atoms with Crippen LogP contribution in [0.3, 0.4) is 0 Å². The van der Waals surface area contributed by atoms with Crippen LogP contribution in [-0.4, -0.2) is 91.4 Å². The summed E-state index contributed by atoms with van der Waals surface area (Å²) in [6, 6.07) is 18.4. The summed E-state index contributed by atoms with van der Waals surface area (Å²) >= 11 is 0. The molecule has 2 aromatic rings. The van der Waals surface area contributed by atoms with Gasteiger partial charge in [-0.15, -0.1) is 0 Å². The number of benzene rings is 2. The third-order valence-corrected chi connectivity index (χ3v) is 6.27. The van der Waals surface area contributed by atoms with Crippen molar-refractivity contribution in [2.75, 3.05) is 65.5 Å². The van der Waals surface area contributed by atoms with Crippen molar-refractivity contribution in [1.82, 2.24) is 14.7 Å². The highest BCUT2D eigenvalue weighted by Crippen LogP contribution is 2.22. The van der Waals surface area contributed by atoms with Crippen molar-refractivity contribution in [1.29, 1.82) is 0 Å². The third kappa shape index (κ3) is 6.29. The smallest absolute Gasteiger partial charge is 0.119 e. The Labute approximate surface area is 180 Å². The van der Waals surface area contributed by atoms with Gasteiger partial charge in [0.2, 0.25) is 0 Å². The van der Waals surface area contributed by atoms with Crippen LogP contribution in [0, 0.1) is 0 Å². The summed E-state index contributed by atoms with van der Waals surface area (Å²) < 4.78 is 5.82. The number of aliphatic hydroxyl groups excluding tert-OH is 1. The molecular formula is C25H35N3O2. The van der Waals surface area contributed by atoms with Gasteiger partial charge in [0.15, 0.2) is 0 Å². The molecule has 2 heterocycles. The maximum absolute atomic E-state index is 10.4. The van der Waals surface area contributed by atoms with Gasteiger partial charge in [0.25, 0.3) is 0 Å². The maximum Gasteiger partial charge on any atom is 0.119 e. The zero-order valence-electron chi connectivity index (χ0n) is 18.0. The zero-order valence-corrected chi connectivity index (χ0v) is 18.0. The summed E-state index contributed by atoms with van der Waals surface area (Å²) in [6.45, 7) is 10.2. The first-order chi connectivity index (χ1) is 14.8. The first-order valence-electron chi connectivity index (χ1n) is 11.4. The minimum atomic E-state index is -0.463. The van der Waals surface area contributed by atoms with Gasteiger partial charge < -0.3 is 14.7 Å². The number of hydrogen-bond donors (Lipinski definition) is 1. The summed E-state index contributed by atoms with van der Waals surface area (Å²) in [4.78, 5) is 7.50. The minimum absolute atomic E-state index is 0.333. The van der Waals surface area contributed by atoms with Crippen LogP contribution in [0.4, 0.5) is 0 Å². The number of nitrogens with zero attached hydrogens (tertiary/aromatic N) is 3. The highest BCUT2D eigenvalue weighted by Gasteiger charge is 2.20. The largest absolute Gasteiger partial charge is 0.491 e. The Morgan fingerprint density at radius 3 is 1.93 bits per heavy atom. The van der Waals surface area contributed by atoms with E-state index in [9.17, 15) is 5.11 Å². The van der Waals surface area contributed by atoms with Gasteiger partial charge >= 0.3 is 0 Å². The van der Waals surface area contributed by atoms with E-state index < -0.39 is 6.10 Å². The fourth-order valence-corrected chi connectivity index (χ4v) is 4.40. The predicted molar refractivity (Wildman–Crippen MR) is 122 cm³/mol. The topological polar surface area (TPSA) is 39.2 Å². The molecule has 4 rings (SSSR count). The Hall–Kier alpha value is -1.92. The van der Waals surface area contributed by atoms with Crippen LogP contribution >= 0.6 is 0 Å². The number of likely N-dealkylation sites (tertiary alicyclic amines) is 1. The van der Waals surface area contributed by atoms with Gasteiger partial charge in [-0.05, 0) is 49.2 Å². The molecular weight excluding hydrogens is 374 g/mol. The van der Waals surface area contributed by atoms with Crippen LogP contribution in [0.15, 0.2) is 54.6 Å². The van der Waals surface area contributed by atoms with E-state index in [1.165, 1.54) is 50.1 Å². The quantitative estimate of drug-likeness (QED) is 0.690. The SMILES string of the molecule is O[C@H](COc1ccc(-c2ccccc2)cc1)CN1CCN(CCN2CCCC2)CC1. The second kappa shape index (κ2) is 10.9. The zero-order chi connectivity index (χ0) is 20.6. The van der Waals surface area contributed by atoms with Crippen LogP contribution in [0.25, 0.3) is 11.1 Å². The van der Waals surface area contributed by atoms with Gasteiger partial charge in [0.05, 0.1) is 0 Å². The molecule has 0 spiro atoms. The third-order valence-electron chi connectivity index (χ3n) is 6.27. The maximum atomic E-state index is 10.4. The van der Waals surface area contributed by atoms with E-state index in [1.807, 2.05) is 30.3 Å². The average molecular weight is 410 g/mol. The lowest BCUT2D eigenvalue weighted by atomic mass is 10.1. The molecule has 1 atom stereocenters. The molecule has 0 unspecified atom stereocenters. The summed E-state index contributed by atoms with van der Waals surface area (Å²) in [5.41, 5.74) is 2.37. The van der Waals surface area contributed by atoms with Crippen molar-refractivity contribution < 1.29 is 9.84 Å². The van der Waals surface area contributed by atoms with Crippen molar-refractivity contribution in [3.63, 3.8) is 0 Å². The van der Waals surface area contributed by atoms with Crippen molar-refractivity contribution >= 4 is 0 Å². The van der Waals surface area contributed by atoms with Gasteiger partial charge in [-0.1, -0.05) is 42.5 Å². The Bertz CT molecular complexity index is 739. The molecule has 0 bridgehead atoms. The number of piperazine rings is 1. The van der Waals surface area contributed by atoms with E-state index in [-0.39, 0.29) is 0 Å². The van der Waals surface area contributed by atoms with E-state index in [2.05, 4.69) is 39.0 Å². The van der Waals surface area contributed by atoms with Crippen molar-refractivity contribution in [2.24, 2.45) is 0 Å². The number of aliphatic hydroxyl groups is 1. The van der Waals surface area contributed by atoms with Crippen molar-refractivity contribution in [3.8, 4) is 16.9 Å². The molecule has 2 fully saturated rings. The molecule has 30 heavy (non-hydrogen) atoms. The van der Waals surface area contributed by atoms with Crippen LogP contribution in [-0.2, 0) is 0 Å². The van der Waals surface area contributed by atoms with Crippen LogP contribution in [0.5, 0.6) is 5.75 Å². The fraction of sp³-hybridized carbons (Fsp3) is 0.520. The molecule has 5 heteroatoms. The van der Waals surface area contributed by atoms with E-state index in [0.29, 0.717) is 13.2 Å². The van der Waals surface area contributed by atoms with Crippen LogP contribution < -0.4 is 4.74 Å². The molecule has 2 aliphatic rings. The predicted octanol–water partition coefficient (Wildman–Crippen LogP) is 2.81. The molecule has 0 aliphatic carbocycles. The molecule has 5 nitrogen and oxygen atoms in total. The van der Waals surface area contributed by atoms with Crippen molar-refractivity contribution in [3.05, 3.63) is 54.6 Å². The summed E-state index contributed by atoms with van der Waals surface area (Å²) in [6.07, 6.45) is 2.27. The molecule has 1 N–H and O–H groups in total. The summed E-state index contributed by atoms with van der Waals surface area (Å²) in [5.74, 6) is 0.806. The van der Waals surface area contributed by atoms with E-state index in [4.69, 9.17) is 4.74 Å². The van der Waals surface area contributed by atoms with Crippen LogP contribution in [0.1, 0.15) is 12.8 Å². The first-order valence-corrected chi connectivity index (χ1v) is 11.4. The molecule has 2 aromatic carbocycles. The Balaban J connectivity index is 1.13. The van der Waals surface area contributed by atoms with Crippen molar-refractivity contribution in [2.45, 2.75) is 18.9 Å². The van der Waals surface area contributed by atoms with Gasteiger partial charge in [-0.2, -0.15) is 0 Å². The summed E-state index contributed by atoms with van der Waals surface area (Å²) in [7, 11) is 0. The molecule has 0 radical (unpaired) electrons. The first kappa shape index (κ1) is 21.3.